The highest BCUT2D eigenvalue weighted by Gasteiger charge is 2.15. The number of fused-ring (bicyclic) bond motifs is 2. The molecule has 0 radical (unpaired) electrons. The molecule has 0 N–H and O–H groups in total. The van der Waals surface area contributed by atoms with Gasteiger partial charge in [0.2, 0.25) is 11.0 Å². The summed E-state index contributed by atoms with van der Waals surface area (Å²) in [5.74, 6) is 0. The number of nitrogens with zero attached hydrogens (tertiary/aromatic N) is 2. The van der Waals surface area contributed by atoms with Crippen molar-refractivity contribution in [3.05, 3.63) is 121 Å². The van der Waals surface area contributed by atoms with E-state index >= 15 is 0 Å². The van der Waals surface area contributed by atoms with E-state index in [9.17, 15) is 0 Å². The largest absolute Gasteiger partial charge is 1.00 e. The van der Waals surface area contributed by atoms with Gasteiger partial charge in [-0.3, -0.25) is 0 Å². The highest BCUT2D eigenvalue weighted by molar-refractivity contribution is 5.75. The molecule has 4 heteroatoms. The minimum absolute atomic E-state index is 0. The monoisotopic (exact) mass is 520 g/mol. The van der Waals surface area contributed by atoms with Gasteiger partial charge in [-0.25, -0.2) is 0 Å². The zero-order chi connectivity index (χ0) is 18.8. The summed E-state index contributed by atoms with van der Waals surface area (Å²) < 4.78 is 4.67. The second-order valence-corrected chi connectivity index (χ2v) is 7.16. The van der Waals surface area contributed by atoms with Crippen molar-refractivity contribution < 1.29 is 43.1 Å². The highest BCUT2D eigenvalue weighted by atomic mass is 79.9. The summed E-state index contributed by atoms with van der Waals surface area (Å²) in [7, 11) is 0. The third-order valence-electron chi connectivity index (χ3n) is 5.38. The maximum Gasteiger partial charge on any atom is 0.212 e. The van der Waals surface area contributed by atoms with Gasteiger partial charge < -0.3 is 34.0 Å². The molecule has 0 aliphatic rings. The summed E-state index contributed by atoms with van der Waals surface area (Å²) in [4.78, 5) is 0. The molecule has 2 aromatic heterocycles. The third kappa shape index (κ3) is 4.45. The fourth-order valence-corrected chi connectivity index (χ4v) is 3.95. The lowest BCUT2D eigenvalue weighted by Crippen LogP contribution is -3.00. The van der Waals surface area contributed by atoms with E-state index in [1.165, 1.54) is 32.9 Å². The number of benzene rings is 3. The summed E-state index contributed by atoms with van der Waals surface area (Å²) >= 11 is 0. The molecule has 0 unspecified atom stereocenters. The van der Waals surface area contributed by atoms with Gasteiger partial charge in [0, 0.05) is 46.2 Å². The van der Waals surface area contributed by atoms with Gasteiger partial charge in [-0.05, 0) is 24.3 Å². The van der Waals surface area contributed by atoms with Gasteiger partial charge in [0.15, 0.2) is 25.5 Å². The zero-order valence-corrected chi connectivity index (χ0v) is 19.6. The molecule has 0 aliphatic carbocycles. The van der Waals surface area contributed by atoms with Crippen LogP contribution < -0.4 is 43.1 Å². The molecule has 3 aromatic carbocycles. The number of rotatable bonds is 4. The van der Waals surface area contributed by atoms with Crippen molar-refractivity contribution in [1.29, 1.82) is 0 Å². The van der Waals surface area contributed by atoms with Crippen LogP contribution in [0, 0.1) is 0 Å². The van der Waals surface area contributed by atoms with E-state index in [1.807, 2.05) is 0 Å². The summed E-state index contributed by atoms with van der Waals surface area (Å²) in [5.41, 5.74) is 5.23. The normalized spacial score (nSPS) is 10.4. The van der Waals surface area contributed by atoms with Gasteiger partial charge in [-0.1, -0.05) is 48.5 Å². The van der Waals surface area contributed by atoms with Crippen LogP contribution >= 0.6 is 0 Å². The molecule has 0 amide bonds. The molecule has 0 atom stereocenters. The maximum atomic E-state index is 2.34. The number of pyridine rings is 2. The van der Waals surface area contributed by atoms with Gasteiger partial charge in [-0.2, -0.15) is 9.13 Å². The first-order valence-corrected chi connectivity index (χ1v) is 9.70. The topological polar surface area (TPSA) is 7.76 Å². The van der Waals surface area contributed by atoms with Crippen molar-refractivity contribution >= 4 is 21.8 Å². The van der Waals surface area contributed by atoms with Crippen molar-refractivity contribution in [3.63, 3.8) is 0 Å². The molecule has 5 aromatic rings. The number of para-hydroxylation sites is 2. The standard InChI is InChI=1S/C26H22N2.2BrH/c1-2-12-24(20-28-18-8-14-22-10-4-6-16-26(22)28)23(11-1)19-27-17-7-13-21-9-3-5-15-25(21)27;;/h1-18H,19-20H2;2*1H/q+2;;/p-2. The van der Waals surface area contributed by atoms with E-state index in [1.54, 1.807) is 0 Å². The smallest absolute Gasteiger partial charge is 0.212 e. The van der Waals surface area contributed by atoms with Crippen LogP contribution in [0.2, 0.25) is 0 Å². The zero-order valence-electron chi connectivity index (χ0n) is 16.5. The average molecular weight is 522 g/mol. The second kappa shape index (κ2) is 9.96. The van der Waals surface area contributed by atoms with Gasteiger partial charge in [0.25, 0.3) is 0 Å². The molecule has 0 fully saturated rings. The van der Waals surface area contributed by atoms with Gasteiger partial charge in [-0.15, -0.1) is 0 Å². The van der Waals surface area contributed by atoms with Gasteiger partial charge in [0.05, 0.1) is 0 Å². The maximum absolute atomic E-state index is 2.34. The first-order valence-electron chi connectivity index (χ1n) is 9.70. The van der Waals surface area contributed by atoms with E-state index in [0.717, 1.165) is 13.1 Å². The molecular weight excluding hydrogens is 500 g/mol. The Morgan fingerprint density at radius 3 is 1.27 bits per heavy atom. The lowest BCUT2D eigenvalue weighted by molar-refractivity contribution is -0.667. The third-order valence-corrected chi connectivity index (χ3v) is 5.38. The Balaban J connectivity index is 0.00000128. The van der Waals surface area contributed by atoms with Crippen LogP contribution in [0.3, 0.4) is 0 Å². The van der Waals surface area contributed by atoms with E-state index in [-0.39, 0.29) is 34.0 Å². The van der Waals surface area contributed by atoms with Crippen LogP contribution in [0.15, 0.2) is 109 Å². The minimum atomic E-state index is 0. The summed E-state index contributed by atoms with van der Waals surface area (Å²) in [6, 6.07) is 34.5. The van der Waals surface area contributed by atoms with Crippen molar-refractivity contribution in [2.24, 2.45) is 0 Å². The molecule has 0 spiro atoms. The van der Waals surface area contributed by atoms with Crippen LogP contribution in [0.1, 0.15) is 11.1 Å². The molecular formula is C26H22Br2N2. The van der Waals surface area contributed by atoms with E-state index in [0.29, 0.717) is 0 Å². The molecule has 150 valence electrons. The van der Waals surface area contributed by atoms with E-state index in [4.69, 9.17) is 0 Å². The van der Waals surface area contributed by atoms with Crippen LogP contribution in [0.5, 0.6) is 0 Å². The van der Waals surface area contributed by atoms with Gasteiger partial charge in [0.1, 0.15) is 0 Å². The van der Waals surface area contributed by atoms with Crippen molar-refractivity contribution in [3.8, 4) is 0 Å². The quantitative estimate of drug-likeness (QED) is 0.259. The number of halogens is 2. The summed E-state index contributed by atoms with van der Waals surface area (Å²) in [6.07, 6.45) is 4.34. The van der Waals surface area contributed by atoms with Crippen molar-refractivity contribution in [2.45, 2.75) is 13.1 Å². The van der Waals surface area contributed by atoms with Crippen LogP contribution in [0.4, 0.5) is 0 Å². The Hall–Kier alpha value is -2.56. The highest BCUT2D eigenvalue weighted by Crippen LogP contribution is 2.14. The second-order valence-electron chi connectivity index (χ2n) is 7.16. The SMILES string of the molecule is [Br-].[Br-].c1ccc(C[n+]2cccc3ccccc32)c(C[n+]2cccc3ccccc32)c1. The van der Waals surface area contributed by atoms with Crippen molar-refractivity contribution in [1.82, 2.24) is 0 Å². The average Bonchev–Trinajstić information content (AvgIpc) is 2.76. The van der Waals surface area contributed by atoms with Crippen LogP contribution in [0.25, 0.3) is 21.8 Å². The predicted molar refractivity (Wildman–Crippen MR) is 113 cm³/mol. The molecule has 2 nitrogen and oxygen atoms in total. The Kier molecular flexibility index (Phi) is 7.35. The van der Waals surface area contributed by atoms with Crippen molar-refractivity contribution in [2.75, 3.05) is 0 Å². The number of hydrogen-bond donors (Lipinski definition) is 0. The molecule has 2 heterocycles. The molecule has 0 aliphatic heterocycles. The molecule has 0 bridgehead atoms. The molecule has 5 rings (SSSR count). The van der Waals surface area contributed by atoms with E-state index < -0.39 is 0 Å². The van der Waals surface area contributed by atoms with Crippen LogP contribution in [-0.4, -0.2) is 0 Å². The van der Waals surface area contributed by atoms with E-state index in [2.05, 4.69) is 119 Å². The lowest BCUT2D eigenvalue weighted by Gasteiger charge is -2.07. The molecule has 0 saturated carbocycles. The Bertz CT molecular complexity index is 1170. The Labute approximate surface area is 198 Å². The predicted octanol–water partition coefficient (Wildman–Crippen LogP) is -1.33. The fraction of sp³-hybridized carbons (Fsp3) is 0.0769. The number of aromatic nitrogens is 2. The number of hydrogen-bond acceptors (Lipinski definition) is 0. The first kappa shape index (κ1) is 22.1. The first-order chi connectivity index (χ1) is 13.9. The minimum Gasteiger partial charge on any atom is -1.00 e. The summed E-state index contributed by atoms with van der Waals surface area (Å²) in [6.45, 7) is 1.73. The van der Waals surface area contributed by atoms with Gasteiger partial charge >= 0.3 is 0 Å². The lowest BCUT2D eigenvalue weighted by atomic mass is 10.1. The summed E-state index contributed by atoms with van der Waals surface area (Å²) in [5, 5.41) is 2.54. The molecule has 30 heavy (non-hydrogen) atoms. The fourth-order valence-electron chi connectivity index (χ4n) is 3.95. The Morgan fingerprint density at radius 1 is 0.433 bits per heavy atom. The van der Waals surface area contributed by atoms with Crippen LogP contribution in [-0.2, 0) is 13.1 Å². The molecule has 0 saturated heterocycles. The Morgan fingerprint density at radius 2 is 0.800 bits per heavy atom.